The number of aryl methyl sites for hydroxylation is 1. The molecular weight excluding hydrogens is 330 g/mol. The third-order valence-corrected chi connectivity index (χ3v) is 4.72. The molecule has 1 aliphatic rings. The van der Waals surface area contributed by atoms with Crippen molar-refractivity contribution in [3.8, 4) is 0 Å². The number of amides is 2. The van der Waals surface area contributed by atoms with Crippen molar-refractivity contribution in [1.82, 2.24) is 15.1 Å². The van der Waals surface area contributed by atoms with Crippen molar-refractivity contribution in [2.24, 2.45) is 0 Å². The molecule has 3 rings (SSSR count). The Morgan fingerprint density at radius 1 is 1.12 bits per heavy atom. The van der Waals surface area contributed by atoms with Crippen LogP contribution in [0, 0.1) is 0 Å². The first kappa shape index (κ1) is 18.5. The van der Waals surface area contributed by atoms with Crippen LogP contribution in [0.5, 0.6) is 0 Å². The number of furan rings is 1. The Bertz CT molecular complexity index is 652. The van der Waals surface area contributed by atoms with Gasteiger partial charge < -0.3 is 19.7 Å². The second-order valence-corrected chi connectivity index (χ2v) is 6.64. The van der Waals surface area contributed by atoms with E-state index in [0.717, 1.165) is 25.9 Å². The van der Waals surface area contributed by atoms with Crippen molar-refractivity contribution >= 4 is 6.03 Å². The van der Waals surface area contributed by atoms with Crippen LogP contribution in [0.15, 0.2) is 53.1 Å². The monoisotopic (exact) mass is 357 g/mol. The molecule has 2 N–H and O–H groups in total. The van der Waals surface area contributed by atoms with E-state index in [-0.39, 0.29) is 6.03 Å². The van der Waals surface area contributed by atoms with Crippen molar-refractivity contribution in [3.05, 3.63) is 60.1 Å². The minimum Gasteiger partial charge on any atom is -0.467 e. The highest BCUT2D eigenvalue weighted by Gasteiger charge is 2.23. The zero-order valence-corrected chi connectivity index (χ0v) is 15.0. The zero-order valence-electron chi connectivity index (χ0n) is 15.0. The van der Waals surface area contributed by atoms with E-state index in [9.17, 15) is 9.90 Å². The number of hydrogen-bond acceptors (Lipinski definition) is 4. The van der Waals surface area contributed by atoms with E-state index in [1.54, 1.807) is 18.4 Å². The van der Waals surface area contributed by atoms with E-state index in [1.165, 1.54) is 5.56 Å². The molecule has 1 aromatic carbocycles. The summed E-state index contributed by atoms with van der Waals surface area (Å²) in [4.78, 5) is 16.3. The van der Waals surface area contributed by atoms with Gasteiger partial charge in [0.25, 0.3) is 0 Å². The van der Waals surface area contributed by atoms with Crippen LogP contribution >= 0.6 is 0 Å². The van der Waals surface area contributed by atoms with E-state index < -0.39 is 6.10 Å². The Kier molecular flexibility index (Phi) is 6.68. The van der Waals surface area contributed by atoms with E-state index in [0.29, 0.717) is 31.9 Å². The van der Waals surface area contributed by atoms with Gasteiger partial charge in [0.1, 0.15) is 11.9 Å². The molecule has 2 aromatic rings. The molecular formula is C20H27N3O3. The fourth-order valence-corrected chi connectivity index (χ4v) is 3.19. The summed E-state index contributed by atoms with van der Waals surface area (Å²) in [5, 5.41) is 13.2. The number of urea groups is 1. The Morgan fingerprint density at radius 3 is 2.58 bits per heavy atom. The number of nitrogens with zero attached hydrogens (tertiary/aromatic N) is 2. The highest BCUT2D eigenvalue weighted by atomic mass is 16.4. The van der Waals surface area contributed by atoms with Crippen LogP contribution in [-0.4, -0.2) is 60.2 Å². The molecule has 1 fully saturated rings. The quantitative estimate of drug-likeness (QED) is 0.746. The average molecular weight is 357 g/mol. The lowest BCUT2D eigenvalue weighted by molar-refractivity contribution is 0.0692. The smallest absolute Gasteiger partial charge is 0.317 e. The topological polar surface area (TPSA) is 69.0 Å². The number of nitrogens with one attached hydrogen (secondary N) is 1. The summed E-state index contributed by atoms with van der Waals surface area (Å²) in [6.07, 6.45) is 2.85. The molecule has 0 spiro atoms. The Morgan fingerprint density at radius 2 is 1.88 bits per heavy atom. The first-order chi connectivity index (χ1) is 12.7. The van der Waals surface area contributed by atoms with Crippen molar-refractivity contribution in [2.45, 2.75) is 18.9 Å². The van der Waals surface area contributed by atoms with Crippen molar-refractivity contribution in [2.75, 3.05) is 39.3 Å². The molecule has 2 amide bonds. The molecule has 0 aliphatic carbocycles. The summed E-state index contributed by atoms with van der Waals surface area (Å²) in [5.41, 5.74) is 1.30. The van der Waals surface area contributed by atoms with Gasteiger partial charge in [-0.15, -0.1) is 0 Å². The Balaban J connectivity index is 1.32. The van der Waals surface area contributed by atoms with E-state index in [2.05, 4.69) is 22.3 Å². The standard InChI is InChI=1S/C20H27N3O3/c24-18(19-9-5-15-26-19)16-22-11-13-23(14-12-22)20(25)21-10-4-8-17-6-2-1-3-7-17/h1-3,5-7,9,15,18,24H,4,8,10-14,16H2,(H,21,25)/t18-/m0/s1. The van der Waals surface area contributed by atoms with Crippen molar-refractivity contribution in [1.29, 1.82) is 0 Å². The maximum absolute atomic E-state index is 12.3. The maximum atomic E-state index is 12.3. The van der Waals surface area contributed by atoms with Gasteiger partial charge in [0, 0.05) is 39.3 Å². The number of piperazine rings is 1. The molecule has 0 bridgehead atoms. The van der Waals surface area contributed by atoms with Gasteiger partial charge in [0.2, 0.25) is 0 Å². The predicted octanol–water partition coefficient (Wildman–Crippen LogP) is 2.27. The number of aliphatic hydroxyl groups excluding tert-OH is 1. The molecule has 6 nitrogen and oxygen atoms in total. The number of β-amino-alcohol motifs (C(OH)–C–C–N with tert-alkyl or cyclic N) is 1. The summed E-state index contributed by atoms with van der Waals surface area (Å²) >= 11 is 0. The summed E-state index contributed by atoms with van der Waals surface area (Å²) in [6.45, 7) is 4.08. The van der Waals surface area contributed by atoms with E-state index >= 15 is 0 Å². The number of carbonyl (C=O) groups is 1. The average Bonchev–Trinajstić information content (AvgIpc) is 3.21. The van der Waals surface area contributed by atoms with Crippen LogP contribution in [0.2, 0.25) is 0 Å². The van der Waals surface area contributed by atoms with Gasteiger partial charge in [0.15, 0.2) is 0 Å². The van der Waals surface area contributed by atoms with Gasteiger partial charge in [0.05, 0.1) is 6.26 Å². The van der Waals surface area contributed by atoms with E-state index in [1.807, 2.05) is 23.1 Å². The minimum absolute atomic E-state index is 0.00398. The third-order valence-electron chi connectivity index (χ3n) is 4.72. The SMILES string of the molecule is O=C(NCCCc1ccccc1)N1CCN(C[C@H](O)c2ccco2)CC1. The summed E-state index contributed by atoms with van der Waals surface area (Å²) in [7, 11) is 0. The lowest BCUT2D eigenvalue weighted by Crippen LogP contribution is -2.52. The second-order valence-electron chi connectivity index (χ2n) is 6.64. The predicted molar refractivity (Wildman–Crippen MR) is 99.8 cm³/mol. The highest BCUT2D eigenvalue weighted by Crippen LogP contribution is 2.15. The number of rotatable bonds is 7. The summed E-state index contributed by atoms with van der Waals surface area (Å²) in [6, 6.07) is 13.9. The van der Waals surface area contributed by atoms with E-state index in [4.69, 9.17) is 4.42 Å². The summed E-state index contributed by atoms with van der Waals surface area (Å²) < 4.78 is 5.23. The number of carbonyl (C=O) groups excluding carboxylic acids is 1. The molecule has 2 heterocycles. The van der Waals surface area contributed by atoms with Gasteiger partial charge in [-0.3, -0.25) is 4.90 Å². The van der Waals surface area contributed by atoms with Crippen LogP contribution < -0.4 is 5.32 Å². The second kappa shape index (κ2) is 9.40. The molecule has 0 radical (unpaired) electrons. The van der Waals surface area contributed by atoms with Crippen LogP contribution in [0.1, 0.15) is 23.8 Å². The molecule has 1 saturated heterocycles. The summed E-state index contributed by atoms with van der Waals surface area (Å²) in [5.74, 6) is 0.587. The molecule has 0 unspecified atom stereocenters. The number of aliphatic hydroxyl groups is 1. The molecule has 0 saturated carbocycles. The van der Waals surface area contributed by atoms with Crippen molar-refractivity contribution in [3.63, 3.8) is 0 Å². The molecule has 26 heavy (non-hydrogen) atoms. The number of hydrogen-bond donors (Lipinski definition) is 2. The molecule has 1 aromatic heterocycles. The first-order valence-corrected chi connectivity index (χ1v) is 9.23. The lowest BCUT2D eigenvalue weighted by Gasteiger charge is -2.35. The maximum Gasteiger partial charge on any atom is 0.317 e. The largest absolute Gasteiger partial charge is 0.467 e. The van der Waals surface area contributed by atoms with Gasteiger partial charge >= 0.3 is 6.03 Å². The molecule has 6 heteroatoms. The molecule has 1 atom stereocenters. The van der Waals surface area contributed by atoms with Gasteiger partial charge in [-0.05, 0) is 30.5 Å². The Labute approximate surface area is 154 Å². The van der Waals surface area contributed by atoms with Crippen LogP contribution in [0.25, 0.3) is 0 Å². The lowest BCUT2D eigenvalue weighted by atomic mass is 10.1. The van der Waals surface area contributed by atoms with Gasteiger partial charge in [-0.1, -0.05) is 30.3 Å². The first-order valence-electron chi connectivity index (χ1n) is 9.23. The van der Waals surface area contributed by atoms with Gasteiger partial charge in [-0.25, -0.2) is 4.79 Å². The Hall–Kier alpha value is -2.31. The van der Waals surface area contributed by atoms with Crippen LogP contribution in [0.3, 0.4) is 0 Å². The fraction of sp³-hybridized carbons (Fsp3) is 0.450. The molecule has 140 valence electrons. The van der Waals surface area contributed by atoms with Gasteiger partial charge in [-0.2, -0.15) is 0 Å². The number of benzene rings is 1. The van der Waals surface area contributed by atoms with Crippen LogP contribution in [0.4, 0.5) is 4.79 Å². The third kappa shape index (κ3) is 5.34. The zero-order chi connectivity index (χ0) is 18.2. The molecule has 1 aliphatic heterocycles. The highest BCUT2D eigenvalue weighted by molar-refractivity contribution is 5.74. The minimum atomic E-state index is -0.622. The van der Waals surface area contributed by atoms with Crippen LogP contribution in [-0.2, 0) is 6.42 Å². The fourth-order valence-electron chi connectivity index (χ4n) is 3.19. The normalized spacial score (nSPS) is 16.4. The van der Waals surface area contributed by atoms with Crippen molar-refractivity contribution < 1.29 is 14.3 Å².